The van der Waals surface area contributed by atoms with Crippen LogP contribution in [0.25, 0.3) is 0 Å². The second-order valence-corrected chi connectivity index (χ2v) is 5.06. The summed E-state index contributed by atoms with van der Waals surface area (Å²) in [5, 5.41) is 3.70. The van der Waals surface area contributed by atoms with Crippen LogP contribution in [0, 0.1) is 0 Å². The molecule has 7 nitrogen and oxygen atoms in total. The average Bonchev–Trinajstić information content (AvgIpc) is 2.52. The third-order valence-corrected chi connectivity index (χ3v) is 2.54. The molecule has 1 aromatic heterocycles. The average molecular weight is 263 g/mol. The van der Waals surface area contributed by atoms with Gasteiger partial charge in [0.05, 0.1) is 5.54 Å². The summed E-state index contributed by atoms with van der Waals surface area (Å²) in [6.45, 7) is 4.47. The van der Waals surface area contributed by atoms with Crippen molar-refractivity contribution in [2.75, 3.05) is 12.1 Å². The Kier molecular flexibility index (Phi) is 3.51. The van der Waals surface area contributed by atoms with Crippen LogP contribution in [0.1, 0.15) is 20.8 Å². The third kappa shape index (κ3) is 2.43. The summed E-state index contributed by atoms with van der Waals surface area (Å²) < 4.78 is 14.7. The molecule has 0 saturated carbocycles. The SMILES string of the molecule is CSc1nn(C(=O)N(F)C(C)(C)C)c(=O)n1N. The maximum absolute atomic E-state index is 13.6. The lowest BCUT2D eigenvalue weighted by molar-refractivity contribution is -0.0122. The van der Waals surface area contributed by atoms with Gasteiger partial charge >= 0.3 is 11.7 Å². The van der Waals surface area contributed by atoms with Gasteiger partial charge in [-0.3, -0.25) is 0 Å². The van der Waals surface area contributed by atoms with Crippen molar-refractivity contribution in [2.45, 2.75) is 31.5 Å². The number of nitrogens with two attached hydrogens (primary N) is 1. The van der Waals surface area contributed by atoms with Crippen LogP contribution in [0.2, 0.25) is 0 Å². The van der Waals surface area contributed by atoms with Crippen molar-refractivity contribution in [3.63, 3.8) is 0 Å². The summed E-state index contributed by atoms with van der Waals surface area (Å²) in [6, 6.07) is -1.16. The maximum atomic E-state index is 13.6. The Balaban J connectivity index is 3.19. The molecular weight excluding hydrogens is 249 g/mol. The molecule has 96 valence electrons. The molecule has 17 heavy (non-hydrogen) atoms. The molecule has 0 aromatic carbocycles. The zero-order valence-corrected chi connectivity index (χ0v) is 10.8. The monoisotopic (exact) mass is 263 g/mol. The molecule has 1 amide bonds. The summed E-state index contributed by atoms with van der Waals surface area (Å²) in [6.07, 6.45) is 1.64. The van der Waals surface area contributed by atoms with Crippen LogP contribution >= 0.6 is 11.8 Å². The molecule has 0 bridgehead atoms. The number of carbonyl (C=O) groups excluding carboxylic acids is 1. The first-order valence-corrected chi connectivity index (χ1v) is 5.94. The first kappa shape index (κ1) is 13.6. The Hall–Kier alpha value is -1.51. The minimum atomic E-state index is -1.16. The van der Waals surface area contributed by atoms with E-state index in [4.69, 9.17) is 5.84 Å². The van der Waals surface area contributed by atoms with Gasteiger partial charge in [-0.1, -0.05) is 16.2 Å². The Morgan fingerprint density at radius 2 is 2.06 bits per heavy atom. The molecule has 9 heteroatoms. The Labute approximate surface area is 101 Å². The van der Waals surface area contributed by atoms with E-state index >= 15 is 0 Å². The van der Waals surface area contributed by atoms with Crippen LogP contribution in [0.3, 0.4) is 0 Å². The first-order chi connectivity index (χ1) is 7.70. The molecule has 1 aromatic rings. The fourth-order valence-corrected chi connectivity index (χ4v) is 1.43. The maximum Gasteiger partial charge on any atom is 0.377 e. The van der Waals surface area contributed by atoms with E-state index in [1.165, 1.54) is 20.8 Å². The lowest BCUT2D eigenvalue weighted by Gasteiger charge is -2.25. The molecule has 0 saturated heterocycles. The molecule has 0 unspecified atom stereocenters. The largest absolute Gasteiger partial charge is 0.377 e. The molecule has 1 heterocycles. The lowest BCUT2D eigenvalue weighted by atomic mass is 10.1. The number of halogens is 1. The van der Waals surface area contributed by atoms with Crippen LogP contribution in [0.4, 0.5) is 9.28 Å². The van der Waals surface area contributed by atoms with Gasteiger partial charge in [-0.2, -0.15) is 9.80 Å². The number of carbonyl (C=O) groups is 1. The highest BCUT2D eigenvalue weighted by Gasteiger charge is 2.31. The van der Waals surface area contributed by atoms with E-state index in [9.17, 15) is 14.1 Å². The van der Waals surface area contributed by atoms with Gasteiger partial charge in [0.2, 0.25) is 5.16 Å². The summed E-state index contributed by atoms with van der Waals surface area (Å²) in [5.41, 5.74) is -1.94. The van der Waals surface area contributed by atoms with Crippen LogP contribution < -0.4 is 11.5 Å². The summed E-state index contributed by atoms with van der Waals surface area (Å²) >= 11 is 1.08. The quantitative estimate of drug-likeness (QED) is 0.451. The molecule has 0 atom stereocenters. The summed E-state index contributed by atoms with van der Waals surface area (Å²) in [5.74, 6) is 5.37. The van der Waals surface area contributed by atoms with Gasteiger partial charge in [0.1, 0.15) is 0 Å². The standard InChI is InChI=1S/C8H14FN5O2S/c1-8(2,3)14(9)7(16)13-6(15)12(10)5(11-13)17-4/h10H2,1-4H3. The topological polar surface area (TPSA) is 86.2 Å². The van der Waals surface area contributed by atoms with E-state index in [2.05, 4.69) is 5.10 Å². The van der Waals surface area contributed by atoms with Crippen molar-refractivity contribution >= 4 is 17.8 Å². The van der Waals surface area contributed by atoms with Crippen LogP contribution in [0.5, 0.6) is 0 Å². The van der Waals surface area contributed by atoms with Gasteiger partial charge in [-0.15, -0.1) is 9.78 Å². The Bertz CT molecular complexity index is 489. The van der Waals surface area contributed by atoms with Crippen molar-refractivity contribution in [3.05, 3.63) is 10.5 Å². The summed E-state index contributed by atoms with van der Waals surface area (Å²) in [4.78, 5) is 23.2. The van der Waals surface area contributed by atoms with E-state index < -0.39 is 17.3 Å². The second-order valence-electron chi connectivity index (χ2n) is 4.29. The van der Waals surface area contributed by atoms with Crippen LogP contribution in [0.15, 0.2) is 9.95 Å². The van der Waals surface area contributed by atoms with Gasteiger partial charge in [-0.25, -0.2) is 9.59 Å². The van der Waals surface area contributed by atoms with E-state index in [1.807, 2.05) is 0 Å². The van der Waals surface area contributed by atoms with Gasteiger partial charge in [0.15, 0.2) is 0 Å². The zero-order chi connectivity index (χ0) is 13.4. The van der Waals surface area contributed by atoms with E-state index in [0.717, 1.165) is 11.8 Å². The lowest BCUT2D eigenvalue weighted by Crippen LogP contribution is -2.46. The predicted octanol–water partition coefficient (Wildman–Crippen LogP) is 0.434. The molecule has 0 spiro atoms. The highest BCUT2D eigenvalue weighted by atomic mass is 32.2. The van der Waals surface area contributed by atoms with Crippen molar-refractivity contribution in [1.82, 2.24) is 19.6 Å². The molecule has 0 fully saturated rings. The van der Waals surface area contributed by atoms with E-state index in [1.54, 1.807) is 6.26 Å². The number of thioether (sulfide) groups is 1. The van der Waals surface area contributed by atoms with Gasteiger partial charge in [-0.05, 0) is 27.0 Å². The third-order valence-electron chi connectivity index (χ3n) is 1.90. The minimum Gasteiger partial charge on any atom is -0.333 e. The molecular formula is C8H14FN5O2S. The zero-order valence-electron chi connectivity index (χ0n) is 9.97. The van der Waals surface area contributed by atoms with E-state index in [-0.39, 0.29) is 10.3 Å². The van der Waals surface area contributed by atoms with Gasteiger partial charge in [0.25, 0.3) is 0 Å². The molecule has 0 aliphatic heterocycles. The molecule has 0 radical (unpaired) electrons. The van der Waals surface area contributed by atoms with Crippen molar-refractivity contribution < 1.29 is 9.28 Å². The second kappa shape index (κ2) is 4.40. The molecule has 0 aliphatic rings. The number of rotatable bonds is 1. The van der Waals surface area contributed by atoms with Crippen molar-refractivity contribution in [2.24, 2.45) is 0 Å². The number of aromatic nitrogens is 3. The highest BCUT2D eigenvalue weighted by molar-refractivity contribution is 7.98. The fourth-order valence-electron chi connectivity index (χ4n) is 0.994. The Morgan fingerprint density at radius 1 is 1.53 bits per heavy atom. The van der Waals surface area contributed by atoms with Crippen molar-refractivity contribution in [3.8, 4) is 0 Å². The predicted molar refractivity (Wildman–Crippen MR) is 61.9 cm³/mol. The van der Waals surface area contributed by atoms with Gasteiger partial charge in [0, 0.05) is 0 Å². The number of hydrogen-bond donors (Lipinski definition) is 1. The Morgan fingerprint density at radius 3 is 2.41 bits per heavy atom. The molecule has 1 rings (SSSR count). The van der Waals surface area contributed by atoms with E-state index in [0.29, 0.717) is 9.36 Å². The number of nitrogen functional groups attached to an aromatic ring is 1. The van der Waals surface area contributed by atoms with Crippen LogP contribution in [-0.4, -0.2) is 37.4 Å². The smallest absolute Gasteiger partial charge is 0.333 e. The highest BCUT2D eigenvalue weighted by Crippen LogP contribution is 2.15. The number of amides is 1. The molecule has 0 aliphatic carbocycles. The van der Waals surface area contributed by atoms with Crippen molar-refractivity contribution in [1.29, 1.82) is 0 Å². The van der Waals surface area contributed by atoms with Crippen LogP contribution in [-0.2, 0) is 0 Å². The number of hydrogen-bond acceptors (Lipinski definition) is 5. The number of nitrogens with zero attached hydrogens (tertiary/aromatic N) is 4. The minimum absolute atomic E-state index is 0.0640. The first-order valence-electron chi connectivity index (χ1n) is 4.71. The normalized spacial score (nSPS) is 11.6. The molecule has 2 N–H and O–H groups in total. The summed E-state index contributed by atoms with van der Waals surface area (Å²) in [7, 11) is 0. The van der Waals surface area contributed by atoms with Gasteiger partial charge < -0.3 is 5.84 Å². The fraction of sp³-hybridized carbons (Fsp3) is 0.625.